The number of rotatable bonds is 2. The van der Waals surface area contributed by atoms with Gasteiger partial charge in [-0.05, 0) is 29.2 Å². The van der Waals surface area contributed by atoms with Crippen LogP contribution in [0.2, 0.25) is 5.02 Å². The Hall–Kier alpha value is -1.61. The minimum absolute atomic E-state index is 0. The molecule has 0 aromatic heterocycles. The second-order valence-corrected chi connectivity index (χ2v) is 9.74. The number of aromatic hydroxyl groups is 1. The number of allylic oxidation sites excluding steroid dienone is 4. The molecule has 0 spiro atoms. The van der Waals surface area contributed by atoms with Gasteiger partial charge in [-0.3, -0.25) is 6.08 Å². The average molecular weight is 551 g/mol. The molecule has 1 aliphatic carbocycles. The molecule has 3 aromatic rings. The Morgan fingerprint density at radius 3 is 1.71 bits per heavy atom. The Balaban J connectivity index is 0.000000498. The van der Waals surface area contributed by atoms with E-state index in [1.54, 1.807) is 6.07 Å². The molecule has 1 aliphatic rings. The Labute approximate surface area is 233 Å². The van der Waals surface area contributed by atoms with Gasteiger partial charge in [-0.15, -0.1) is 31.2 Å². The summed E-state index contributed by atoms with van der Waals surface area (Å²) >= 11 is 7.95. The average Bonchev–Trinajstić information content (AvgIpc) is 3.25. The van der Waals surface area contributed by atoms with Crippen LogP contribution in [-0.2, 0) is 25.4 Å². The number of benzene rings is 3. The zero-order valence-corrected chi connectivity index (χ0v) is 24.0. The van der Waals surface area contributed by atoms with Gasteiger partial charge in [-0.1, -0.05) is 39.3 Å². The second kappa shape index (κ2) is 16.1. The van der Waals surface area contributed by atoms with Crippen molar-refractivity contribution in [3.63, 3.8) is 0 Å². The van der Waals surface area contributed by atoms with E-state index >= 15 is 0 Å². The molecule has 5 heteroatoms. The summed E-state index contributed by atoms with van der Waals surface area (Å²) in [5.41, 5.74) is 4.93. The third kappa shape index (κ3) is 11.7. The summed E-state index contributed by atoms with van der Waals surface area (Å²) in [4.78, 5) is 0. The van der Waals surface area contributed by atoms with Crippen molar-refractivity contribution < 1.29 is 25.1 Å². The normalized spacial score (nSPS) is 11.4. The summed E-state index contributed by atoms with van der Waals surface area (Å²) in [6, 6.07) is 26.1. The monoisotopic (exact) mass is 549 g/mol. The van der Waals surface area contributed by atoms with Crippen LogP contribution in [0, 0.1) is 6.08 Å². The molecule has 0 saturated heterocycles. The van der Waals surface area contributed by atoms with Crippen LogP contribution in [0.4, 0.5) is 0 Å². The molecular weight excluding hydrogens is 519 g/mol. The van der Waals surface area contributed by atoms with Crippen molar-refractivity contribution in [2.24, 2.45) is 0 Å². The maximum atomic E-state index is 9.27. The summed E-state index contributed by atoms with van der Waals surface area (Å²) in [6.07, 6.45) is 8.33. The van der Waals surface area contributed by atoms with E-state index in [-0.39, 0.29) is 36.0 Å². The predicted octanol–water partition coefficient (Wildman–Crippen LogP) is 8.68. The van der Waals surface area contributed by atoms with Crippen molar-refractivity contribution in [2.75, 3.05) is 0 Å². The van der Waals surface area contributed by atoms with Gasteiger partial charge in [-0.2, -0.15) is 6.08 Å². The third-order valence-electron chi connectivity index (χ3n) is 4.74. The Kier molecular flexibility index (Phi) is 15.4. The van der Waals surface area contributed by atoms with E-state index in [2.05, 4.69) is 114 Å². The van der Waals surface area contributed by atoms with Crippen molar-refractivity contribution in [3.8, 4) is 5.75 Å². The molecule has 0 radical (unpaired) electrons. The van der Waals surface area contributed by atoms with Crippen LogP contribution in [0.3, 0.4) is 0 Å². The number of hydrogen-bond acceptors (Lipinski definition) is 1. The summed E-state index contributed by atoms with van der Waals surface area (Å²) in [7, 11) is 0. The molecule has 1 N–H and O–H groups in total. The fourth-order valence-electron chi connectivity index (χ4n) is 2.90. The molecule has 0 heterocycles. The molecule has 0 fully saturated rings. The van der Waals surface area contributed by atoms with Gasteiger partial charge >= 0.3 is 95.6 Å². The zero-order valence-electron chi connectivity index (χ0n) is 20.0. The molecule has 0 aliphatic heterocycles. The predicted molar refractivity (Wildman–Crippen MR) is 149 cm³/mol. The molecule has 0 amide bonds. The maximum absolute atomic E-state index is 9.27. The van der Waals surface area contributed by atoms with Crippen LogP contribution in [0.15, 0.2) is 96.6 Å². The van der Waals surface area contributed by atoms with Crippen LogP contribution >= 0.6 is 36.4 Å². The molecule has 0 unspecified atom stereocenters. The van der Waals surface area contributed by atoms with Crippen LogP contribution in [0.1, 0.15) is 50.8 Å². The fraction of sp³-hybridized carbons (Fsp3) is 0.207. The summed E-state index contributed by atoms with van der Waals surface area (Å²) < 4.78 is 1.33. The quantitative estimate of drug-likeness (QED) is 0.250. The van der Waals surface area contributed by atoms with Gasteiger partial charge in [0, 0.05) is 5.02 Å². The second-order valence-electron chi connectivity index (χ2n) is 8.52. The SMILES string of the molecule is CC(C)(C)c1cc(O)cc(Cl)c1.CC1=[C-]CC=C1.Cl.Cl.[Ti+]=[C](c1ccccc1)c1ccccc1. The molecule has 0 saturated carbocycles. The molecule has 1 nitrogen and oxygen atoms in total. The molecule has 0 bridgehead atoms. The number of halogens is 3. The summed E-state index contributed by atoms with van der Waals surface area (Å²) in [5.74, 6) is 0.229. The van der Waals surface area contributed by atoms with Gasteiger partial charge in [0.1, 0.15) is 5.75 Å². The van der Waals surface area contributed by atoms with Crippen molar-refractivity contribution >= 4 is 40.2 Å². The van der Waals surface area contributed by atoms with Gasteiger partial charge in [0.15, 0.2) is 0 Å². The van der Waals surface area contributed by atoms with E-state index in [1.807, 2.05) is 18.2 Å². The first-order valence-corrected chi connectivity index (χ1v) is 11.8. The van der Waals surface area contributed by atoms with E-state index in [0.717, 1.165) is 12.0 Å². The van der Waals surface area contributed by atoms with Gasteiger partial charge in [-0.25, -0.2) is 11.6 Å². The Morgan fingerprint density at radius 1 is 0.882 bits per heavy atom. The number of hydrogen-bond donors (Lipinski definition) is 1. The van der Waals surface area contributed by atoms with E-state index in [4.69, 9.17) is 11.6 Å². The van der Waals surface area contributed by atoms with E-state index in [0.29, 0.717) is 5.02 Å². The van der Waals surface area contributed by atoms with Crippen LogP contribution < -0.4 is 0 Å². The summed E-state index contributed by atoms with van der Waals surface area (Å²) in [5, 5.41) is 9.86. The topological polar surface area (TPSA) is 20.2 Å². The zero-order chi connectivity index (χ0) is 23.6. The molecular formula is C29H32Cl3OTi. The van der Waals surface area contributed by atoms with Crippen molar-refractivity contribution in [1.82, 2.24) is 0 Å². The standard InChI is InChI=1S/C13H10.C10H13ClO.C6H7.2ClH.Ti/c1-3-7-12(8-4-1)11-13-9-5-2-6-10-13;1-10(2,3)7-4-8(11)6-9(12)5-7;1-6-4-2-3-5-6;;;/h1-10H;4-6,12H,1-3H3;2,4H,3H2,1H3;2*1H;/q;;-1;;;+1. The van der Waals surface area contributed by atoms with Crippen LogP contribution in [0.5, 0.6) is 5.75 Å². The van der Waals surface area contributed by atoms with Gasteiger partial charge in [0.25, 0.3) is 0 Å². The molecule has 3 aromatic carbocycles. The Bertz CT molecular complexity index is 1010. The van der Waals surface area contributed by atoms with E-state index in [9.17, 15) is 5.11 Å². The molecule has 34 heavy (non-hydrogen) atoms. The number of phenolic OH excluding ortho intramolecular Hbond substituents is 1. The Morgan fingerprint density at radius 2 is 1.38 bits per heavy atom. The van der Waals surface area contributed by atoms with Crippen molar-refractivity contribution in [1.29, 1.82) is 0 Å². The van der Waals surface area contributed by atoms with Gasteiger partial charge in [0.05, 0.1) is 0 Å². The third-order valence-corrected chi connectivity index (χ3v) is 5.86. The van der Waals surface area contributed by atoms with E-state index in [1.165, 1.54) is 26.6 Å². The van der Waals surface area contributed by atoms with Crippen molar-refractivity contribution in [2.45, 2.75) is 39.5 Å². The molecule has 0 atom stereocenters. The number of phenols is 1. The van der Waals surface area contributed by atoms with Crippen molar-refractivity contribution in [3.05, 3.63) is 124 Å². The molecule has 4 rings (SSSR count). The van der Waals surface area contributed by atoms with E-state index < -0.39 is 0 Å². The fourth-order valence-corrected chi connectivity index (χ4v) is 3.65. The molecule has 179 valence electrons. The van der Waals surface area contributed by atoms with Crippen LogP contribution in [0.25, 0.3) is 0 Å². The minimum atomic E-state index is 0. The van der Waals surface area contributed by atoms with Gasteiger partial charge < -0.3 is 5.11 Å². The first kappa shape index (κ1) is 32.4. The first-order chi connectivity index (χ1) is 15.2. The van der Waals surface area contributed by atoms with Crippen LogP contribution in [-0.4, -0.2) is 8.92 Å². The van der Waals surface area contributed by atoms with Gasteiger partial charge in [0.2, 0.25) is 0 Å². The summed E-state index contributed by atoms with van der Waals surface area (Å²) in [6.45, 7) is 8.30. The first-order valence-electron chi connectivity index (χ1n) is 10.6.